The minimum atomic E-state index is 0.540. The third-order valence-corrected chi connectivity index (χ3v) is 4.93. The quantitative estimate of drug-likeness (QED) is 0.619. The first-order valence-corrected chi connectivity index (χ1v) is 9.15. The summed E-state index contributed by atoms with van der Waals surface area (Å²) in [6.07, 6.45) is 1.21. The molecule has 1 N–H and O–H groups in total. The fraction of sp³-hybridized carbons (Fsp3) is 0.571. The zero-order chi connectivity index (χ0) is 14.3. The van der Waals surface area contributed by atoms with Crippen LogP contribution in [0.2, 0.25) is 0 Å². The Hall–Kier alpha value is 0.290. The molecular weight excluding hydrogens is 390 g/mol. The minimum Gasteiger partial charge on any atom is -0.494 e. The second-order valence-electron chi connectivity index (χ2n) is 4.36. The van der Waals surface area contributed by atoms with Gasteiger partial charge in [0.25, 0.3) is 0 Å². The summed E-state index contributed by atoms with van der Waals surface area (Å²) >= 11 is 9.06. The molecular formula is C14H21Br2NOS. The van der Waals surface area contributed by atoms with Gasteiger partial charge in [-0.3, -0.25) is 0 Å². The van der Waals surface area contributed by atoms with Gasteiger partial charge in [0.1, 0.15) is 5.75 Å². The first-order chi connectivity index (χ1) is 9.08. The third-order valence-electron chi connectivity index (χ3n) is 2.82. The Morgan fingerprint density at radius 2 is 1.95 bits per heavy atom. The number of benzene rings is 1. The number of rotatable bonds is 8. The largest absolute Gasteiger partial charge is 0.494 e. The molecule has 0 saturated heterocycles. The van der Waals surface area contributed by atoms with Crippen molar-refractivity contribution in [1.82, 2.24) is 5.32 Å². The van der Waals surface area contributed by atoms with Crippen LogP contribution in [-0.4, -0.2) is 24.7 Å². The molecule has 0 bridgehead atoms. The van der Waals surface area contributed by atoms with Crippen LogP contribution in [0, 0.1) is 0 Å². The monoisotopic (exact) mass is 409 g/mol. The lowest BCUT2D eigenvalue weighted by molar-refractivity contribution is 0.409. The summed E-state index contributed by atoms with van der Waals surface area (Å²) in [4.78, 5) is 0. The zero-order valence-electron chi connectivity index (χ0n) is 11.6. The van der Waals surface area contributed by atoms with Gasteiger partial charge in [0.2, 0.25) is 0 Å². The van der Waals surface area contributed by atoms with Crippen molar-refractivity contribution < 1.29 is 4.74 Å². The summed E-state index contributed by atoms with van der Waals surface area (Å²) < 4.78 is 7.27. The average molecular weight is 411 g/mol. The first kappa shape index (κ1) is 17.3. The average Bonchev–Trinajstić information content (AvgIpc) is 2.36. The second-order valence-corrected chi connectivity index (χ2v) is 7.46. The van der Waals surface area contributed by atoms with E-state index < -0.39 is 0 Å². The van der Waals surface area contributed by atoms with Crippen LogP contribution in [0.15, 0.2) is 21.1 Å². The molecule has 1 atom stereocenters. The summed E-state index contributed by atoms with van der Waals surface area (Å²) in [5.74, 6) is 3.27. The zero-order valence-corrected chi connectivity index (χ0v) is 15.6. The van der Waals surface area contributed by atoms with E-state index in [0.29, 0.717) is 6.04 Å². The molecule has 1 aromatic rings. The SMILES string of the molecule is CCSCCC(C)NCc1cc(Br)c(OC)c(Br)c1. The summed E-state index contributed by atoms with van der Waals surface area (Å²) in [6.45, 7) is 5.32. The Balaban J connectivity index is 2.49. The summed E-state index contributed by atoms with van der Waals surface area (Å²) in [7, 11) is 1.68. The molecule has 0 amide bonds. The molecule has 5 heteroatoms. The normalized spacial score (nSPS) is 12.5. The van der Waals surface area contributed by atoms with E-state index in [-0.39, 0.29) is 0 Å². The van der Waals surface area contributed by atoms with Gasteiger partial charge in [-0.15, -0.1) is 0 Å². The van der Waals surface area contributed by atoms with E-state index in [4.69, 9.17) is 4.74 Å². The summed E-state index contributed by atoms with van der Waals surface area (Å²) in [6, 6.07) is 4.74. The van der Waals surface area contributed by atoms with E-state index in [9.17, 15) is 0 Å². The van der Waals surface area contributed by atoms with E-state index in [1.54, 1.807) is 7.11 Å². The molecule has 2 nitrogen and oxygen atoms in total. The van der Waals surface area contributed by atoms with Gasteiger partial charge in [0.05, 0.1) is 16.1 Å². The molecule has 0 saturated carbocycles. The maximum absolute atomic E-state index is 5.30. The van der Waals surface area contributed by atoms with Crippen molar-refractivity contribution in [3.05, 3.63) is 26.6 Å². The predicted molar refractivity (Wildman–Crippen MR) is 92.3 cm³/mol. The molecule has 19 heavy (non-hydrogen) atoms. The number of methoxy groups -OCH3 is 1. The fourth-order valence-corrected chi connectivity index (χ4v) is 4.12. The molecule has 0 heterocycles. The van der Waals surface area contributed by atoms with Gasteiger partial charge in [0, 0.05) is 12.6 Å². The minimum absolute atomic E-state index is 0.540. The van der Waals surface area contributed by atoms with Gasteiger partial charge in [-0.05, 0) is 74.4 Å². The van der Waals surface area contributed by atoms with Gasteiger partial charge in [0.15, 0.2) is 0 Å². The van der Waals surface area contributed by atoms with Gasteiger partial charge in [-0.2, -0.15) is 11.8 Å². The fourth-order valence-electron chi connectivity index (χ4n) is 1.71. The predicted octanol–water partition coefficient (Wildman–Crippen LogP) is 4.84. The Kier molecular flexibility index (Phi) is 8.46. The van der Waals surface area contributed by atoms with Crippen molar-refractivity contribution in [1.29, 1.82) is 0 Å². The highest BCUT2D eigenvalue weighted by Gasteiger charge is 2.08. The number of thioether (sulfide) groups is 1. The molecule has 1 aromatic carbocycles. The molecule has 0 aliphatic heterocycles. The van der Waals surface area contributed by atoms with Crippen LogP contribution in [0.5, 0.6) is 5.75 Å². The van der Waals surface area contributed by atoms with Crippen LogP contribution in [0.4, 0.5) is 0 Å². The Labute approximate surface area is 137 Å². The Morgan fingerprint density at radius 1 is 1.32 bits per heavy atom. The highest BCUT2D eigenvalue weighted by Crippen LogP contribution is 2.34. The summed E-state index contributed by atoms with van der Waals surface area (Å²) in [5, 5.41) is 3.55. The van der Waals surface area contributed by atoms with E-state index >= 15 is 0 Å². The lowest BCUT2D eigenvalue weighted by atomic mass is 10.2. The van der Waals surface area contributed by atoms with Gasteiger partial charge < -0.3 is 10.1 Å². The van der Waals surface area contributed by atoms with E-state index in [1.807, 2.05) is 11.8 Å². The highest BCUT2D eigenvalue weighted by atomic mass is 79.9. The van der Waals surface area contributed by atoms with E-state index in [2.05, 4.69) is 63.2 Å². The Morgan fingerprint density at radius 3 is 2.47 bits per heavy atom. The van der Waals surface area contributed by atoms with E-state index in [1.165, 1.54) is 23.5 Å². The van der Waals surface area contributed by atoms with Gasteiger partial charge in [-0.1, -0.05) is 6.92 Å². The van der Waals surface area contributed by atoms with Crippen LogP contribution >= 0.6 is 43.6 Å². The van der Waals surface area contributed by atoms with Crippen LogP contribution in [0.25, 0.3) is 0 Å². The second kappa shape index (κ2) is 9.27. The van der Waals surface area contributed by atoms with Crippen molar-refractivity contribution in [2.75, 3.05) is 18.6 Å². The number of nitrogens with one attached hydrogen (secondary N) is 1. The molecule has 0 fully saturated rings. The molecule has 108 valence electrons. The smallest absolute Gasteiger partial charge is 0.147 e. The topological polar surface area (TPSA) is 21.3 Å². The highest BCUT2D eigenvalue weighted by molar-refractivity contribution is 9.11. The van der Waals surface area contributed by atoms with Crippen molar-refractivity contribution in [3.63, 3.8) is 0 Å². The van der Waals surface area contributed by atoms with Crippen LogP contribution in [0.3, 0.4) is 0 Å². The van der Waals surface area contributed by atoms with E-state index in [0.717, 1.165) is 21.2 Å². The standard InChI is InChI=1S/C14H21Br2NOS/c1-4-19-6-5-10(2)17-9-11-7-12(15)14(18-3)13(16)8-11/h7-8,10,17H,4-6,9H2,1-3H3. The van der Waals surface area contributed by atoms with Crippen LogP contribution < -0.4 is 10.1 Å². The molecule has 1 unspecified atom stereocenters. The van der Waals surface area contributed by atoms with Gasteiger partial charge in [-0.25, -0.2) is 0 Å². The lowest BCUT2D eigenvalue weighted by Gasteiger charge is -2.15. The molecule has 0 spiro atoms. The lowest BCUT2D eigenvalue weighted by Crippen LogP contribution is -2.26. The van der Waals surface area contributed by atoms with Crippen molar-refractivity contribution in [2.45, 2.75) is 32.9 Å². The van der Waals surface area contributed by atoms with Crippen molar-refractivity contribution >= 4 is 43.6 Å². The van der Waals surface area contributed by atoms with Crippen molar-refractivity contribution in [2.24, 2.45) is 0 Å². The Bertz CT molecular complexity index is 378. The molecule has 0 aliphatic rings. The van der Waals surface area contributed by atoms with Crippen LogP contribution in [-0.2, 0) is 6.54 Å². The molecule has 1 rings (SSSR count). The number of halogens is 2. The number of hydrogen-bond acceptors (Lipinski definition) is 3. The molecule has 0 radical (unpaired) electrons. The number of hydrogen-bond donors (Lipinski definition) is 1. The van der Waals surface area contributed by atoms with Gasteiger partial charge >= 0.3 is 0 Å². The summed E-state index contributed by atoms with van der Waals surface area (Å²) in [5.41, 5.74) is 1.24. The van der Waals surface area contributed by atoms with Crippen LogP contribution in [0.1, 0.15) is 25.8 Å². The third kappa shape index (κ3) is 6.06. The molecule has 0 aliphatic carbocycles. The molecule has 0 aromatic heterocycles. The van der Waals surface area contributed by atoms with Crippen molar-refractivity contribution in [3.8, 4) is 5.75 Å². The first-order valence-electron chi connectivity index (χ1n) is 6.41. The maximum Gasteiger partial charge on any atom is 0.147 e. The maximum atomic E-state index is 5.30. The number of ether oxygens (including phenoxy) is 1.